The van der Waals surface area contributed by atoms with Gasteiger partial charge in [-0.05, 0) is 55.5 Å². The van der Waals surface area contributed by atoms with Gasteiger partial charge in [0.2, 0.25) is 0 Å². The van der Waals surface area contributed by atoms with Crippen LogP contribution < -0.4 is 11.1 Å². The first-order chi connectivity index (χ1) is 8.70. The van der Waals surface area contributed by atoms with Crippen LogP contribution in [0.3, 0.4) is 0 Å². The van der Waals surface area contributed by atoms with Crippen LogP contribution in [0, 0.1) is 18.7 Å². The molecule has 1 aromatic rings. The number of hydrogen-bond donors (Lipinski definition) is 2. The van der Waals surface area contributed by atoms with E-state index >= 15 is 0 Å². The van der Waals surface area contributed by atoms with Crippen molar-refractivity contribution in [2.24, 2.45) is 11.7 Å². The number of halogens is 1. The molecule has 18 heavy (non-hydrogen) atoms. The number of hydrogen-bond acceptors (Lipinski definition) is 2. The molecule has 0 bridgehead atoms. The van der Waals surface area contributed by atoms with Crippen molar-refractivity contribution in [2.45, 2.75) is 38.6 Å². The average molecular weight is 250 g/mol. The first-order valence-corrected chi connectivity index (χ1v) is 6.90. The highest BCUT2D eigenvalue weighted by Crippen LogP contribution is 2.33. The molecule has 1 aliphatic rings. The van der Waals surface area contributed by atoms with Gasteiger partial charge in [0.05, 0.1) is 0 Å². The summed E-state index contributed by atoms with van der Waals surface area (Å²) in [7, 11) is 0. The monoisotopic (exact) mass is 250 g/mol. The Balaban J connectivity index is 1.85. The summed E-state index contributed by atoms with van der Waals surface area (Å²) in [5.74, 6) is 0.802. The molecule has 1 unspecified atom stereocenters. The highest BCUT2D eigenvalue weighted by molar-refractivity contribution is 5.29. The topological polar surface area (TPSA) is 38.0 Å². The third kappa shape index (κ3) is 3.79. The van der Waals surface area contributed by atoms with Crippen molar-refractivity contribution in [1.29, 1.82) is 0 Å². The lowest BCUT2D eigenvalue weighted by atomic mass is 10.0. The van der Waals surface area contributed by atoms with Crippen LogP contribution in [-0.2, 0) is 0 Å². The van der Waals surface area contributed by atoms with Crippen molar-refractivity contribution in [3.63, 3.8) is 0 Å². The maximum atomic E-state index is 13.1. The van der Waals surface area contributed by atoms with E-state index in [9.17, 15) is 4.39 Å². The third-order valence-corrected chi connectivity index (χ3v) is 3.72. The van der Waals surface area contributed by atoms with Gasteiger partial charge in [-0.25, -0.2) is 4.39 Å². The Kier molecular flexibility index (Phi) is 4.72. The molecule has 2 nitrogen and oxygen atoms in total. The smallest absolute Gasteiger partial charge is 0.123 e. The van der Waals surface area contributed by atoms with Crippen molar-refractivity contribution in [2.75, 3.05) is 13.1 Å². The van der Waals surface area contributed by atoms with Gasteiger partial charge in [-0.2, -0.15) is 0 Å². The van der Waals surface area contributed by atoms with Gasteiger partial charge < -0.3 is 11.1 Å². The Bertz CT molecular complexity index is 388. The van der Waals surface area contributed by atoms with Crippen molar-refractivity contribution in [3.8, 4) is 0 Å². The van der Waals surface area contributed by atoms with Crippen molar-refractivity contribution in [1.82, 2.24) is 5.32 Å². The number of nitrogens with one attached hydrogen (secondary N) is 1. The molecule has 0 heterocycles. The molecule has 1 atom stereocenters. The van der Waals surface area contributed by atoms with E-state index in [0.717, 1.165) is 23.6 Å². The fraction of sp³-hybridized carbons (Fsp3) is 0.600. The molecule has 0 aliphatic heterocycles. The maximum Gasteiger partial charge on any atom is 0.123 e. The van der Waals surface area contributed by atoms with E-state index in [1.54, 1.807) is 6.07 Å². The molecule has 0 aromatic heterocycles. The van der Waals surface area contributed by atoms with Gasteiger partial charge in [-0.1, -0.05) is 18.9 Å². The summed E-state index contributed by atoms with van der Waals surface area (Å²) < 4.78 is 13.1. The lowest BCUT2D eigenvalue weighted by Crippen LogP contribution is -2.29. The second kappa shape index (κ2) is 6.30. The molecule has 0 saturated heterocycles. The summed E-state index contributed by atoms with van der Waals surface area (Å²) >= 11 is 0. The lowest BCUT2D eigenvalue weighted by molar-refractivity contribution is 0.509. The van der Waals surface area contributed by atoms with E-state index in [2.05, 4.69) is 5.32 Å². The van der Waals surface area contributed by atoms with Crippen LogP contribution in [0.2, 0.25) is 0 Å². The summed E-state index contributed by atoms with van der Waals surface area (Å²) in [5, 5.41) is 3.48. The van der Waals surface area contributed by atoms with Crippen LogP contribution in [-0.4, -0.2) is 13.1 Å². The quantitative estimate of drug-likeness (QED) is 0.730. The zero-order valence-electron chi connectivity index (χ0n) is 11.1. The molecule has 1 saturated carbocycles. The van der Waals surface area contributed by atoms with Crippen LogP contribution in [0.1, 0.15) is 42.9 Å². The summed E-state index contributed by atoms with van der Waals surface area (Å²) in [4.78, 5) is 0. The predicted octanol–water partition coefficient (Wildman–Crippen LogP) is 2.91. The SMILES string of the molecule is Cc1cc(F)ccc1C(CN)NCCCC1CC1. The molecule has 0 amide bonds. The standard InChI is InChI=1S/C15H23FN2/c1-11-9-13(16)6-7-14(11)15(10-17)18-8-2-3-12-4-5-12/h6-7,9,12,15,18H,2-5,8,10,17H2,1H3. The first-order valence-electron chi connectivity index (χ1n) is 6.90. The minimum Gasteiger partial charge on any atom is -0.329 e. The molecule has 0 spiro atoms. The van der Waals surface area contributed by atoms with Gasteiger partial charge in [-0.3, -0.25) is 0 Å². The molecule has 1 aromatic carbocycles. The Hall–Kier alpha value is -0.930. The molecule has 1 fully saturated rings. The normalized spacial score (nSPS) is 16.8. The van der Waals surface area contributed by atoms with Crippen molar-refractivity contribution in [3.05, 3.63) is 35.1 Å². The van der Waals surface area contributed by atoms with Crippen LogP contribution in [0.5, 0.6) is 0 Å². The lowest BCUT2D eigenvalue weighted by Gasteiger charge is -2.19. The minimum absolute atomic E-state index is 0.143. The van der Waals surface area contributed by atoms with E-state index in [0.29, 0.717) is 6.54 Å². The fourth-order valence-electron chi connectivity index (χ4n) is 2.42. The molecular weight excluding hydrogens is 227 g/mol. The van der Waals surface area contributed by atoms with Crippen LogP contribution in [0.4, 0.5) is 4.39 Å². The van der Waals surface area contributed by atoms with E-state index < -0.39 is 0 Å². The number of nitrogens with two attached hydrogens (primary N) is 1. The second-order valence-corrected chi connectivity index (χ2v) is 5.33. The Morgan fingerprint density at radius 3 is 2.83 bits per heavy atom. The van der Waals surface area contributed by atoms with E-state index in [-0.39, 0.29) is 11.9 Å². The van der Waals surface area contributed by atoms with Gasteiger partial charge >= 0.3 is 0 Å². The van der Waals surface area contributed by atoms with Crippen LogP contribution in [0.15, 0.2) is 18.2 Å². The summed E-state index contributed by atoms with van der Waals surface area (Å²) in [6.45, 7) is 3.48. The number of benzene rings is 1. The largest absolute Gasteiger partial charge is 0.329 e. The van der Waals surface area contributed by atoms with Gasteiger partial charge in [0.15, 0.2) is 0 Å². The van der Waals surface area contributed by atoms with Gasteiger partial charge in [-0.15, -0.1) is 0 Å². The van der Waals surface area contributed by atoms with E-state index in [4.69, 9.17) is 5.73 Å². The van der Waals surface area contributed by atoms with Crippen molar-refractivity contribution >= 4 is 0 Å². The molecule has 2 rings (SSSR count). The Labute approximate surface area is 109 Å². The third-order valence-electron chi connectivity index (χ3n) is 3.72. The fourth-order valence-corrected chi connectivity index (χ4v) is 2.42. The minimum atomic E-state index is -0.180. The van der Waals surface area contributed by atoms with E-state index in [1.165, 1.54) is 31.7 Å². The van der Waals surface area contributed by atoms with Crippen molar-refractivity contribution < 1.29 is 4.39 Å². The molecule has 100 valence electrons. The summed E-state index contributed by atoms with van der Waals surface area (Å²) in [6, 6.07) is 5.07. The highest BCUT2D eigenvalue weighted by Gasteiger charge is 2.20. The van der Waals surface area contributed by atoms with Crippen LogP contribution in [0.25, 0.3) is 0 Å². The first kappa shape index (κ1) is 13.5. The number of aryl methyl sites for hydroxylation is 1. The predicted molar refractivity (Wildman–Crippen MR) is 72.9 cm³/mol. The zero-order chi connectivity index (χ0) is 13.0. The molecule has 3 heteroatoms. The maximum absolute atomic E-state index is 13.1. The summed E-state index contributed by atoms with van der Waals surface area (Å²) in [6.07, 6.45) is 5.36. The van der Waals surface area contributed by atoms with Gasteiger partial charge in [0, 0.05) is 12.6 Å². The van der Waals surface area contributed by atoms with Gasteiger partial charge in [0.25, 0.3) is 0 Å². The Morgan fingerprint density at radius 2 is 2.22 bits per heavy atom. The van der Waals surface area contributed by atoms with Crippen LogP contribution >= 0.6 is 0 Å². The zero-order valence-corrected chi connectivity index (χ0v) is 11.1. The molecule has 1 aliphatic carbocycles. The molecular formula is C15H23FN2. The number of rotatable bonds is 7. The summed E-state index contributed by atoms with van der Waals surface area (Å²) in [5.41, 5.74) is 7.90. The van der Waals surface area contributed by atoms with Gasteiger partial charge in [0.1, 0.15) is 5.82 Å². The Morgan fingerprint density at radius 1 is 1.44 bits per heavy atom. The average Bonchev–Trinajstić information content (AvgIpc) is 3.15. The molecule has 3 N–H and O–H groups in total. The van der Waals surface area contributed by atoms with E-state index in [1.807, 2.05) is 13.0 Å². The second-order valence-electron chi connectivity index (χ2n) is 5.33. The highest BCUT2D eigenvalue weighted by atomic mass is 19.1. The molecule has 0 radical (unpaired) electrons.